The highest BCUT2D eigenvalue weighted by molar-refractivity contribution is 7.10. The van der Waals surface area contributed by atoms with E-state index in [0.29, 0.717) is 5.92 Å². The lowest BCUT2D eigenvalue weighted by molar-refractivity contribution is -0.0188. The maximum Gasteiger partial charge on any atom is 0.0847 e. The summed E-state index contributed by atoms with van der Waals surface area (Å²) in [7, 11) is 0. The van der Waals surface area contributed by atoms with E-state index in [4.69, 9.17) is 14.2 Å². The van der Waals surface area contributed by atoms with Gasteiger partial charge >= 0.3 is 0 Å². The molecule has 4 heterocycles. The molecule has 2 atom stereocenters. The van der Waals surface area contributed by atoms with Crippen LogP contribution in [0.15, 0.2) is 11.4 Å². The van der Waals surface area contributed by atoms with Crippen LogP contribution in [-0.4, -0.2) is 56.1 Å². The summed E-state index contributed by atoms with van der Waals surface area (Å²) in [5, 5.41) is 2.20. The topological polar surface area (TPSA) is 30.9 Å². The number of nitrogens with zero attached hydrogens (tertiary/aromatic N) is 1. The van der Waals surface area contributed by atoms with Gasteiger partial charge < -0.3 is 14.2 Å². The van der Waals surface area contributed by atoms with Crippen LogP contribution >= 0.6 is 11.3 Å². The van der Waals surface area contributed by atoms with E-state index in [0.717, 1.165) is 71.7 Å². The third-order valence-electron chi connectivity index (χ3n) is 5.81. The fourth-order valence-electron chi connectivity index (χ4n) is 4.21. The SMILES string of the molecule is Cc1ccsc1CN1CC[C@]2(C[C@@H](OCC3CCOCC3)CO2)C1. The Hall–Kier alpha value is -0.460. The molecule has 0 amide bonds. The normalized spacial score (nSPS) is 32.1. The molecule has 3 saturated heterocycles. The molecule has 3 fully saturated rings. The van der Waals surface area contributed by atoms with Gasteiger partial charge in [-0.1, -0.05) is 0 Å². The average molecular weight is 352 g/mol. The lowest BCUT2D eigenvalue weighted by Crippen LogP contribution is -2.33. The molecule has 24 heavy (non-hydrogen) atoms. The number of rotatable bonds is 5. The molecule has 3 aliphatic rings. The summed E-state index contributed by atoms with van der Waals surface area (Å²) in [6, 6.07) is 2.22. The number of thiophene rings is 1. The van der Waals surface area contributed by atoms with Gasteiger partial charge in [0.15, 0.2) is 0 Å². The Labute approximate surface area is 149 Å². The summed E-state index contributed by atoms with van der Waals surface area (Å²) in [5.74, 6) is 0.678. The van der Waals surface area contributed by atoms with Gasteiger partial charge in [0, 0.05) is 44.1 Å². The highest BCUT2D eigenvalue weighted by Gasteiger charge is 2.46. The minimum Gasteiger partial charge on any atom is -0.381 e. The fourth-order valence-corrected chi connectivity index (χ4v) is 5.16. The summed E-state index contributed by atoms with van der Waals surface area (Å²) >= 11 is 1.87. The van der Waals surface area contributed by atoms with Crippen LogP contribution in [0.25, 0.3) is 0 Å². The minimum atomic E-state index is 0.0471. The van der Waals surface area contributed by atoms with Crippen LogP contribution < -0.4 is 0 Å². The van der Waals surface area contributed by atoms with Crippen molar-refractivity contribution in [2.45, 2.75) is 50.9 Å². The quantitative estimate of drug-likeness (QED) is 0.815. The second-order valence-electron chi connectivity index (χ2n) is 7.70. The second-order valence-corrected chi connectivity index (χ2v) is 8.70. The van der Waals surface area contributed by atoms with Crippen LogP contribution in [0, 0.1) is 12.8 Å². The first-order valence-electron chi connectivity index (χ1n) is 9.31. The van der Waals surface area contributed by atoms with Crippen molar-refractivity contribution < 1.29 is 14.2 Å². The van der Waals surface area contributed by atoms with E-state index in [9.17, 15) is 0 Å². The van der Waals surface area contributed by atoms with Crippen LogP contribution in [0.2, 0.25) is 0 Å². The van der Waals surface area contributed by atoms with E-state index >= 15 is 0 Å². The summed E-state index contributed by atoms with van der Waals surface area (Å²) in [6.45, 7) is 8.94. The number of ether oxygens (including phenoxy) is 3. The van der Waals surface area contributed by atoms with Crippen LogP contribution in [0.1, 0.15) is 36.1 Å². The highest BCUT2D eigenvalue weighted by Crippen LogP contribution is 2.37. The zero-order chi connectivity index (χ0) is 16.4. The molecular formula is C19H29NO3S. The Bertz CT molecular complexity index is 542. The number of hydrogen-bond donors (Lipinski definition) is 0. The standard InChI is InChI=1S/C19H29NO3S/c1-15-4-9-24-18(15)11-20-6-5-19(14-20)10-17(13-23-19)22-12-16-2-7-21-8-3-16/h4,9,16-17H,2-3,5-8,10-14H2,1H3/t17-,19+/m1/s1. The maximum absolute atomic E-state index is 6.25. The van der Waals surface area contributed by atoms with Crippen molar-refractivity contribution in [1.82, 2.24) is 4.90 Å². The van der Waals surface area contributed by atoms with Crippen molar-refractivity contribution in [3.05, 3.63) is 21.9 Å². The number of aryl methyl sites for hydroxylation is 1. The summed E-state index contributed by atoms with van der Waals surface area (Å²) in [4.78, 5) is 4.05. The van der Waals surface area contributed by atoms with Crippen LogP contribution in [-0.2, 0) is 20.8 Å². The molecule has 0 saturated carbocycles. The lowest BCUT2D eigenvalue weighted by Gasteiger charge is -2.24. The molecule has 4 nitrogen and oxygen atoms in total. The van der Waals surface area contributed by atoms with Gasteiger partial charge in [-0.2, -0.15) is 0 Å². The third-order valence-corrected chi connectivity index (χ3v) is 6.82. The molecule has 134 valence electrons. The number of hydrogen-bond acceptors (Lipinski definition) is 5. The van der Waals surface area contributed by atoms with Gasteiger partial charge in [-0.15, -0.1) is 11.3 Å². The van der Waals surface area contributed by atoms with Crippen molar-refractivity contribution in [2.75, 3.05) is 39.5 Å². The monoisotopic (exact) mass is 351 g/mol. The maximum atomic E-state index is 6.25. The molecule has 5 heteroatoms. The van der Waals surface area contributed by atoms with E-state index in [-0.39, 0.29) is 11.7 Å². The van der Waals surface area contributed by atoms with Gasteiger partial charge in [0.2, 0.25) is 0 Å². The van der Waals surface area contributed by atoms with Crippen LogP contribution in [0.3, 0.4) is 0 Å². The van der Waals surface area contributed by atoms with Gasteiger partial charge in [-0.05, 0) is 49.1 Å². The van der Waals surface area contributed by atoms with Crippen molar-refractivity contribution >= 4 is 11.3 Å². The van der Waals surface area contributed by atoms with E-state index < -0.39 is 0 Å². The Morgan fingerprint density at radius 1 is 1.38 bits per heavy atom. The van der Waals surface area contributed by atoms with Crippen molar-refractivity contribution in [1.29, 1.82) is 0 Å². The largest absolute Gasteiger partial charge is 0.381 e. The molecule has 0 N–H and O–H groups in total. The minimum absolute atomic E-state index is 0.0471. The van der Waals surface area contributed by atoms with Crippen molar-refractivity contribution in [3.63, 3.8) is 0 Å². The predicted octanol–water partition coefficient (Wildman–Crippen LogP) is 3.23. The van der Waals surface area contributed by atoms with Crippen molar-refractivity contribution in [3.8, 4) is 0 Å². The molecule has 1 aromatic heterocycles. The zero-order valence-electron chi connectivity index (χ0n) is 14.7. The van der Waals surface area contributed by atoms with Gasteiger partial charge in [0.1, 0.15) is 0 Å². The lowest BCUT2D eigenvalue weighted by atomic mass is 9.98. The zero-order valence-corrected chi connectivity index (χ0v) is 15.5. The predicted molar refractivity (Wildman–Crippen MR) is 95.5 cm³/mol. The molecule has 0 radical (unpaired) electrons. The number of likely N-dealkylation sites (tertiary alicyclic amines) is 1. The molecule has 3 aliphatic heterocycles. The molecule has 0 unspecified atom stereocenters. The smallest absolute Gasteiger partial charge is 0.0847 e. The van der Waals surface area contributed by atoms with Crippen LogP contribution in [0.5, 0.6) is 0 Å². The van der Waals surface area contributed by atoms with Crippen LogP contribution in [0.4, 0.5) is 0 Å². The Morgan fingerprint density at radius 3 is 3.04 bits per heavy atom. The second kappa shape index (κ2) is 7.42. The van der Waals surface area contributed by atoms with E-state index in [1.165, 1.54) is 10.4 Å². The van der Waals surface area contributed by atoms with Gasteiger partial charge in [-0.25, -0.2) is 0 Å². The molecule has 1 aromatic rings. The first kappa shape index (κ1) is 17.0. The summed E-state index contributed by atoms with van der Waals surface area (Å²) < 4.78 is 17.9. The Morgan fingerprint density at radius 2 is 2.25 bits per heavy atom. The molecule has 4 rings (SSSR count). The molecule has 0 aromatic carbocycles. The highest BCUT2D eigenvalue weighted by atomic mass is 32.1. The van der Waals surface area contributed by atoms with Gasteiger partial charge in [0.25, 0.3) is 0 Å². The summed E-state index contributed by atoms with van der Waals surface area (Å²) in [6.07, 6.45) is 4.79. The van der Waals surface area contributed by atoms with Crippen molar-refractivity contribution in [2.24, 2.45) is 5.92 Å². The van der Waals surface area contributed by atoms with E-state index in [1.807, 2.05) is 11.3 Å². The summed E-state index contributed by atoms with van der Waals surface area (Å²) in [5.41, 5.74) is 1.47. The molecule has 0 bridgehead atoms. The van der Waals surface area contributed by atoms with Gasteiger partial charge in [-0.3, -0.25) is 4.90 Å². The first-order chi connectivity index (χ1) is 11.7. The molecule has 0 aliphatic carbocycles. The Balaban J connectivity index is 1.24. The van der Waals surface area contributed by atoms with Gasteiger partial charge in [0.05, 0.1) is 24.9 Å². The fraction of sp³-hybridized carbons (Fsp3) is 0.789. The average Bonchev–Trinajstić information content (AvgIpc) is 3.30. The third kappa shape index (κ3) is 3.86. The first-order valence-corrected chi connectivity index (χ1v) is 10.2. The Kier molecular flexibility index (Phi) is 5.25. The molecule has 1 spiro atoms. The molecular weight excluding hydrogens is 322 g/mol. The van der Waals surface area contributed by atoms with E-state index in [2.05, 4.69) is 23.3 Å². The van der Waals surface area contributed by atoms with E-state index in [1.54, 1.807) is 0 Å².